The molecule has 22 heavy (non-hydrogen) atoms. The van der Waals surface area contributed by atoms with Crippen LogP contribution in [0.4, 0.5) is 5.82 Å². The summed E-state index contributed by atoms with van der Waals surface area (Å²) in [6.45, 7) is 0.745. The topological polar surface area (TPSA) is 75.6 Å². The Bertz CT molecular complexity index is 788. The van der Waals surface area contributed by atoms with Crippen molar-refractivity contribution in [2.75, 3.05) is 5.32 Å². The minimum atomic E-state index is 0.0161. The summed E-state index contributed by atoms with van der Waals surface area (Å²) >= 11 is 0. The number of hydrogen-bond acceptors (Lipinski definition) is 3. The molecule has 0 radical (unpaired) electrons. The Labute approximate surface area is 127 Å². The summed E-state index contributed by atoms with van der Waals surface area (Å²) in [6.07, 6.45) is 5.95. The van der Waals surface area contributed by atoms with Gasteiger partial charge in [-0.1, -0.05) is 24.3 Å². The van der Waals surface area contributed by atoms with Crippen LogP contribution in [-0.4, -0.2) is 25.9 Å². The first kappa shape index (κ1) is 12.8. The lowest BCUT2D eigenvalue weighted by Crippen LogP contribution is -2.22. The third-order valence-electron chi connectivity index (χ3n) is 3.98. The van der Waals surface area contributed by atoms with Crippen LogP contribution in [0, 0.1) is 0 Å². The number of benzene rings is 1. The number of anilines is 1. The molecular weight excluding hydrogens is 278 g/mol. The normalized spacial score (nSPS) is 17.1. The van der Waals surface area contributed by atoms with Crippen LogP contribution in [0.5, 0.6) is 0 Å². The van der Waals surface area contributed by atoms with Gasteiger partial charge in [0.2, 0.25) is 5.91 Å². The van der Waals surface area contributed by atoms with Gasteiger partial charge in [-0.05, 0) is 17.2 Å². The van der Waals surface area contributed by atoms with E-state index < -0.39 is 0 Å². The van der Waals surface area contributed by atoms with Crippen LogP contribution in [-0.2, 0) is 11.3 Å². The quantitative estimate of drug-likeness (QED) is 0.776. The van der Waals surface area contributed by atoms with Crippen molar-refractivity contribution < 1.29 is 4.79 Å². The van der Waals surface area contributed by atoms with Crippen molar-refractivity contribution in [3.8, 4) is 0 Å². The predicted octanol–water partition coefficient (Wildman–Crippen LogP) is 2.13. The van der Waals surface area contributed by atoms with Gasteiger partial charge in [-0.25, -0.2) is 0 Å². The maximum atomic E-state index is 11.8. The van der Waals surface area contributed by atoms with Crippen molar-refractivity contribution in [1.29, 1.82) is 0 Å². The lowest BCUT2D eigenvalue weighted by Gasteiger charge is -2.22. The second-order valence-electron chi connectivity index (χ2n) is 5.45. The third kappa shape index (κ3) is 2.28. The zero-order chi connectivity index (χ0) is 14.9. The molecule has 4 rings (SSSR count). The van der Waals surface area contributed by atoms with E-state index in [0.29, 0.717) is 12.2 Å². The summed E-state index contributed by atoms with van der Waals surface area (Å²) in [5.41, 5.74) is 3.35. The number of amides is 1. The van der Waals surface area contributed by atoms with Crippen LogP contribution < -0.4 is 5.32 Å². The minimum absolute atomic E-state index is 0.0161. The maximum Gasteiger partial charge on any atom is 0.226 e. The number of carbonyl (C=O) groups is 1. The van der Waals surface area contributed by atoms with Crippen molar-refractivity contribution in [2.24, 2.45) is 0 Å². The van der Waals surface area contributed by atoms with Gasteiger partial charge in [0, 0.05) is 30.3 Å². The van der Waals surface area contributed by atoms with Crippen LogP contribution in [0.15, 0.2) is 48.9 Å². The van der Waals surface area contributed by atoms with E-state index in [-0.39, 0.29) is 11.8 Å². The number of nitrogens with one attached hydrogen (secondary N) is 2. The first-order valence-electron chi connectivity index (χ1n) is 7.19. The molecule has 2 aromatic heterocycles. The van der Waals surface area contributed by atoms with Crippen LogP contribution in [0.3, 0.4) is 0 Å². The lowest BCUT2D eigenvalue weighted by atomic mass is 9.87. The van der Waals surface area contributed by atoms with Crippen molar-refractivity contribution in [1.82, 2.24) is 20.0 Å². The van der Waals surface area contributed by atoms with Gasteiger partial charge in [-0.3, -0.25) is 14.6 Å². The van der Waals surface area contributed by atoms with Gasteiger partial charge < -0.3 is 5.32 Å². The van der Waals surface area contributed by atoms with Crippen LogP contribution in [0.2, 0.25) is 0 Å². The molecule has 0 saturated carbocycles. The van der Waals surface area contributed by atoms with E-state index in [1.807, 2.05) is 16.9 Å². The average molecular weight is 293 g/mol. The highest BCUT2D eigenvalue weighted by molar-refractivity contribution is 5.94. The molecule has 2 N–H and O–H groups in total. The summed E-state index contributed by atoms with van der Waals surface area (Å²) in [7, 11) is 0. The molecule has 1 aromatic carbocycles. The molecule has 3 heterocycles. The van der Waals surface area contributed by atoms with Crippen LogP contribution in [0.25, 0.3) is 0 Å². The number of nitrogens with zero attached hydrogens (tertiary/aromatic N) is 3. The molecule has 6 heteroatoms. The maximum absolute atomic E-state index is 11.8. The molecule has 3 aromatic rings. The number of aromatic nitrogens is 4. The molecule has 1 aliphatic heterocycles. The van der Waals surface area contributed by atoms with E-state index in [2.05, 4.69) is 44.9 Å². The fraction of sp³-hybridized carbons (Fsp3) is 0.188. The van der Waals surface area contributed by atoms with Crippen molar-refractivity contribution in [3.05, 3.63) is 65.6 Å². The number of rotatable bonds is 3. The largest absolute Gasteiger partial charge is 0.311 e. The SMILES string of the molecule is O=C1CC(c2ccc(Cn3cccn3)cc2)c2cn[nH]c2N1. The molecule has 1 unspecified atom stereocenters. The summed E-state index contributed by atoms with van der Waals surface area (Å²) < 4.78 is 1.89. The number of fused-ring (bicyclic) bond motifs is 1. The molecular formula is C16H15N5O. The summed E-state index contributed by atoms with van der Waals surface area (Å²) in [5, 5.41) is 13.9. The number of aromatic amines is 1. The fourth-order valence-corrected chi connectivity index (χ4v) is 2.88. The van der Waals surface area contributed by atoms with Gasteiger partial charge in [0.15, 0.2) is 0 Å². The second-order valence-corrected chi connectivity index (χ2v) is 5.45. The number of H-pyrrole nitrogens is 1. The Morgan fingerprint density at radius 3 is 2.91 bits per heavy atom. The van der Waals surface area contributed by atoms with Gasteiger partial charge >= 0.3 is 0 Å². The fourth-order valence-electron chi connectivity index (χ4n) is 2.88. The molecule has 1 aliphatic rings. The van der Waals surface area contributed by atoms with E-state index in [9.17, 15) is 4.79 Å². The van der Waals surface area contributed by atoms with Crippen molar-refractivity contribution in [3.63, 3.8) is 0 Å². The average Bonchev–Trinajstić information content (AvgIpc) is 3.18. The van der Waals surface area contributed by atoms with Crippen LogP contribution >= 0.6 is 0 Å². The van der Waals surface area contributed by atoms with E-state index in [1.54, 1.807) is 12.4 Å². The molecule has 0 saturated heterocycles. The number of hydrogen-bond donors (Lipinski definition) is 2. The van der Waals surface area contributed by atoms with Gasteiger partial charge in [-0.15, -0.1) is 0 Å². The van der Waals surface area contributed by atoms with E-state index in [1.165, 1.54) is 5.56 Å². The van der Waals surface area contributed by atoms with Crippen LogP contribution in [0.1, 0.15) is 29.0 Å². The monoisotopic (exact) mass is 293 g/mol. The molecule has 0 fully saturated rings. The molecule has 1 atom stereocenters. The third-order valence-corrected chi connectivity index (χ3v) is 3.98. The summed E-state index contributed by atoms with van der Waals surface area (Å²) in [5.74, 6) is 0.783. The molecule has 110 valence electrons. The van der Waals surface area contributed by atoms with Gasteiger partial charge in [-0.2, -0.15) is 10.2 Å². The molecule has 6 nitrogen and oxygen atoms in total. The smallest absolute Gasteiger partial charge is 0.226 e. The highest BCUT2D eigenvalue weighted by atomic mass is 16.1. The van der Waals surface area contributed by atoms with Gasteiger partial charge in [0.25, 0.3) is 0 Å². The molecule has 0 aliphatic carbocycles. The van der Waals surface area contributed by atoms with Crippen molar-refractivity contribution >= 4 is 11.7 Å². The predicted molar refractivity (Wildman–Crippen MR) is 81.4 cm³/mol. The lowest BCUT2D eigenvalue weighted by molar-refractivity contribution is -0.116. The second kappa shape index (κ2) is 5.14. The molecule has 1 amide bonds. The summed E-state index contributed by atoms with van der Waals surface area (Å²) in [4.78, 5) is 11.8. The first-order chi connectivity index (χ1) is 10.8. The highest BCUT2D eigenvalue weighted by Crippen LogP contribution is 2.35. The molecule has 0 spiro atoms. The molecule has 0 bridgehead atoms. The van der Waals surface area contributed by atoms with Crippen molar-refractivity contribution in [2.45, 2.75) is 18.9 Å². The Morgan fingerprint density at radius 1 is 1.27 bits per heavy atom. The number of carbonyl (C=O) groups excluding carboxylic acids is 1. The first-order valence-corrected chi connectivity index (χ1v) is 7.19. The Kier molecular flexibility index (Phi) is 3.00. The minimum Gasteiger partial charge on any atom is -0.311 e. The Hall–Kier alpha value is -2.89. The standard InChI is InChI=1S/C16H15N5O/c22-15-8-13(14-9-17-20-16(14)19-15)12-4-2-11(3-5-12)10-21-7-1-6-18-21/h1-7,9,13H,8,10H2,(H2,17,19,20,22). The van der Waals surface area contributed by atoms with Gasteiger partial charge in [0.05, 0.1) is 12.7 Å². The van der Waals surface area contributed by atoms with Gasteiger partial charge in [0.1, 0.15) is 5.82 Å². The highest BCUT2D eigenvalue weighted by Gasteiger charge is 2.27. The van der Waals surface area contributed by atoms with E-state index in [0.717, 1.165) is 17.7 Å². The zero-order valence-electron chi connectivity index (χ0n) is 11.9. The summed E-state index contributed by atoms with van der Waals surface area (Å²) in [6, 6.07) is 10.2. The Balaban J connectivity index is 1.60. The Morgan fingerprint density at radius 2 is 2.14 bits per heavy atom. The zero-order valence-corrected chi connectivity index (χ0v) is 11.9. The van der Waals surface area contributed by atoms with E-state index >= 15 is 0 Å². The van der Waals surface area contributed by atoms with E-state index in [4.69, 9.17) is 0 Å².